The van der Waals surface area contributed by atoms with Gasteiger partial charge in [-0.05, 0) is 48.4 Å². The molecule has 146 valence electrons. The topological polar surface area (TPSA) is 61.0 Å². The number of aryl methyl sites for hydroxylation is 1. The van der Waals surface area contributed by atoms with Crippen molar-refractivity contribution in [2.24, 2.45) is 0 Å². The summed E-state index contributed by atoms with van der Waals surface area (Å²) >= 11 is 0. The second-order valence-corrected chi connectivity index (χ2v) is 7.45. The van der Waals surface area contributed by atoms with E-state index in [1.165, 1.54) is 5.56 Å². The van der Waals surface area contributed by atoms with Crippen molar-refractivity contribution in [2.45, 2.75) is 13.0 Å². The van der Waals surface area contributed by atoms with Crippen molar-refractivity contribution in [2.75, 3.05) is 19.0 Å². The minimum absolute atomic E-state index is 0.144. The minimum Gasteiger partial charge on any atom is -0.378 e. The maximum atomic E-state index is 13.1. The quantitative estimate of drug-likeness (QED) is 0.534. The van der Waals surface area contributed by atoms with Crippen molar-refractivity contribution in [1.29, 1.82) is 0 Å². The van der Waals surface area contributed by atoms with Crippen LogP contribution in [0.15, 0.2) is 73.1 Å². The Morgan fingerprint density at radius 2 is 1.66 bits per heavy atom. The fraction of sp³-hybridized carbons (Fsp3) is 0.167. The van der Waals surface area contributed by atoms with Crippen LogP contribution in [0.25, 0.3) is 10.9 Å². The molecule has 0 fully saturated rings. The van der Waals surface area contributed by atoms with Crippen LogP contribution >= 0.6 is 0 Å². The van der Waals surface area contributed by atoms with Crippen molar-refractivity contribution < 1.29 is 4.79 Å². The van der Waals surface area contributed by atoms with Crippen LogP contribution in [0, 0.1) is 6.92 Å². The van der Waals surface area contributed by atoms with Crippen LogP contribution in [-0.2, 0) is 0 Å². The van der Waals surface area contributed by atoms with E-state index in [4.69, 9.17) is 0 Å². The lowest BCUT2D eigenvalue weighted by Gasteiger charge is -2.19. The number of aromatic nitrogens is 2. The standard InChI is InChI=1S/C24H24N4O/c1-16-4-6-17(7-5-16)23(18-10-12-25-13-11-18)27-24(29)22-14-19-8-9-20(28(2)3)15-21(19)26-22/h4-15,23,26H,1-3H3,(H,27,29)/t23-/m1/s1. The van der Waals surface area contributed by atoms with Gasteiger partial charge in [-0.3, -0.25) is 9.78 Å². The first-order valence-electron chi connectivity index (χ1n) is 9.59. The van der Waals surface area contributed by atoms with Gasteiger partial charge in [0.15, 0.2) is 0 Å². The third-order valence-corrected chi connectivity index (χ3v) is 5.09. The molecule has 0 aliphatic carbocycles. The van der Waals surface area contributed by atoms with E-state index in [-0.39, 0.29) is 11.9 Å². The molecular formula is C24H24N4O. The number of fused-ring (bicyclic) bond motifs is 1. The molecule has 0 saturated carbocycles. The number of anilines is 1. The van der Waals surface area contributed by atoms with E-state index in [1.54, 1.807) is 12.4 Å². The van der Waals surface area contributed by atoms with E-state index in [0.717, 1.165) is 27.7 Å². The molecule has 0 aliphatic heterocycles. The maximum absolute atomic E-state index is 13.1. The maximum Gasteiger partial charge on any atom is 0.268 e. The van der Waals surface area contributed by atoms with Gasteiger partial charge in [-0.2, -0.15) is 0 Å². The molecule has 29 heavy (non-hydrogen) atoms. The zero-order valence-electron chi connectivity index (χ0n) is 16.8. The zero-order valence-corrected chi connectivity index (χ0v) is 16.8. The van der Waals surface area contributed by atoms with Crippen LogP contribution in [-0.4, -0.2) is 30.0 Å². The van der Waals surface area contributed by atoms with Gasteiger partial charge in [-0.15, -0.1) is 0 Å². The minimum atomic E-state index is -0.255. The van der Waals surface area contributed by atoms with Gasteiger partial charge in [0, 0.05) is 43.1 Å². The molecule has 0 saturated heterocycles. The molecule has 2 heterocycles. The molecule has 2 aromatic heterocycles. The highest BCUT2D eigenvalue weighted by Gasteiger charge is 2.19. The number of aromatic amines is 1. The van der Waals surface area contributed by atoms with E-state index in [2.05, 4.69) is 46.5 Å². The van der Waals surface area contributed by atoms with Crippen molar-refractivity contribution in [3.8, 4) is 0 Å². The summed E-state index contributed by atoms with van der Waals surface area (Å²) in [5.74, 6) is -0.144. The van der Waals surface area contributed by atoms with Crippen molar-refractivity contribution in [1.82, 2.24) is 15.3 Å². The molecular weight excluding hydrogens is 360 g/mol. The first-order chi connectivity index (χ1) is 14.0. The Kier molecular flexibility index (Phi) is 5.04. The molecule has 0 spiro atoms. The number of amides is 1. The van der Waals surface area contributed by atoms with E-state index in [9.17, 15) is 4.79 Å². The average Bonchev–Trinajstić information content (AvgIpc) is 3.17. The molecule has 2 N–H and O–H groups in total. The van der Waals surface area contributed by atoms with E-state index in [1.807, 2.05) is 55.4 Å². The summed E-state index contributed by atoms with van der Waals surface area (Å²) in [5.41, 5.74) is 5.77. The molecule has 1 amide bonds. The second-order valence-electron chi connectivity index (χ2n) is 7.45. The highest BCUT2D eigenvalue weighted by atomic mass is 16.1. The second kappa shape index (κ2) is 7.80. The summed E-state index contributed by atoms with van der Waals surface area (Å²) in [6.45, 7) is 2.05. The van der Waals surface area contributed by atoms with Gasteiger partial charge in [-0.25, -0.2) is 0 Å². The number of nitrogens with zero attached hydrogens (tertiary/aromatic N) is 2. The molecule has 4 rings (SSSR count). The third kappa shape index (κ3) is 3.99. The van der Waals surface area contributed by atoms with Gasteiger partial charge in [-0.1, -0.05) is 35.9 Å². The van der Waals surface area contributed by atoms with Gasteiger partial charge < -0.3 is 15.2 Å². The van der Waals surface area contributed by atoms with Gasteiger partial charge in [0.1, 0.15) is 5.69 Å². The highest BCUT2D eigenvalue weighted by molar-refractivity contribution is 5.99. The molecule has 0 aliphatic rings. The summed E-state index contributed by atoms with van der Waals surface area (Å²) in [7, 11) is 4.00. The van der Waals surface area contributed by atoms with Crippen molar-refractivity contribution in [3.05, 3.63) is 95.4 Å². The average molecular weight is 384 g/mol. The van der Waals surface area contributed by atoms with Gasteiger partial charge in [0.25, 0.3) is 5.91 Å². The number of benzene rings is 2. The van der Waals surface area contributed by atoms with Crippen LogP contribution in [0.2, 0.25) is 0 Å². The molecule has 0 radical (unpaired) electrons. The van der Waals surface area contributed by atoms with Crippen molar-refractivity contribution >= 4 is 22.5 Å². The smallest absolute Gasteiger partial charge is 0.268 e. The molecule has 1 atom stereocenters. The number of pyridine rings is 1. The predicted molar refractivity (Wildman–Crippen MR) is 117 cm³/mol. The number of rotatable bonds is 5. The summed E-state index contributed by atoms with van der Waals surface area (Å²) in [4.78, 5) is 22.5. The lowest BCUT2D eigenvalue weighted by molar-refractivity contribution is 0.0939. The summed E-state index contributed by atoms with van der Waals surface area (Å²) in [6, 6.07) is 19.8. The first-order valence-corrected chi connectivity index (χ1v) is 9.59. The Balaban J connectivity index is 1.66. The fourth-order valence-corrected chi connectivity index (χ4v) is 3.40. The first kappa shape index (κ1) is 18.7. The number of carbonyl (C=O) groups is 1. The third-order valence-electron chi connectivity index (χ3n) is 5.09. The molecule has 0 unspecified atom stereocenters. The van der Waals surface area contributed by atoms with Crippen LogP contribution in [0.3, 0.4) is 0 Å². The van der Waals surface area contributed by atoms with E-state index in [0.29, 0.717) is 5.69 Å². The van der Waals surface area contributed by atoms with Crippen LogP contribution < -0.4 is 10.2 Å². The predicted octanol–water partition coefficient (Wildman–Crippen LogP) is 4.46. The zero-order chi connectivity index (χ0) is 20.4. The molecule has 2 aromatic carbocycles. The van der Waals surface area contributed by atoms with Gasteiger partial charge >= 0.3 is 0 Å². The highest BCUT2D eigenvalue weighted by Crippen LogP contribution is 2.25. The lowest BCUT2D eigenvalue weighted by Crippen LogP contribution is -2.29. The summed E-state index contributed by atoms with van der Waals surface area (Å²) in [5, 5.41) is 4.19. The number of H-pyrrole nitrogens is 1. The van der Waals surface area contributed by atoms with E-state index < -0.39 is 0 Å². The molecule has 5 heteroatoms. The monoisotopic (exact) mass is 384 g/mol. The van der Waals surface area contributed by atoms with Gasteiger partial charge in [0.05, 0.1) is 6.04 Å². The molecule has 5 nitrogen and oxygen atoms in total. The van der Waals surface area contributed by atoms with Crippen LogP contribution in [0.4, 0.5) is 5.69 Å². The van der Waals surface area contributed by atoms with Crippen LogP contribution in [0.1, 0.15) is 33.2 Å². The van der Waals surface area contributed by atoms with Crippen molar-refractivity contribution in [3.63, 3.8) is 0 Å². The summed E-state index contributed by atoms with van der Waals surface area (Å²) in [6.07, 6.45) is 3.49. The number of hydrogen-bond acceptors (Lipinski definition) is 3. The number of carbonyl (C=O) groups excluding carboxylic acids is 1. The molecule has 4 aromatic rings. The SMILES string of the molecule is Cc1ccc([C@@H](NC(=O)c2cc3ccc(N(C)C)cc3[nH]2)c2ccncc2)cc1. The summed E-state index contributed by atoms with van der Waals surface area (Å²) < 4.78 is 0. The Morgan fingerprint density at radius 3 is 2.34 bits per heavy atom. The van der Waals surface area contributed by atoms with E-state index >= 15 is 0 Å². The Labute approximate surface area is 170 Å². The number of nitrogens with one attached hydrogen (secondary N) is 2. The Bertz CT molecular complexity index is 1130. The normalized spacial score (nSPS) is 12.0. The Hall–Kier alpha value is -3.60. The largest absolute Gasteiger partial charge is 0.378 e. The lowest BCUT2D eigenvalue weighted by atomic mass is 9.98. The Morgan fingerprint density at radius 1 is 0.966 bits per heavy atom. The van der Waals surface area contributed by atoms with Gasteiger partial charge in [0.2, 0.25) is 0 Å². The fourth-order valence-electron chi connectivity index (χ4n) is 3.40. The number of hydrogen-bond donors (Lipinski definition) is 2. The molecule has 0 bridgehead atoms. The van der Waals surface area contributed by atoms with Crippen LogP contribution in [0.5, 0.6) is 0 Å².